The number of ketones is 1. The lowest BCUT2D eigenvalue weighted by Crippen LogP contribution is -2.52. The van der Waals surface area contributed by atoms with Gasteiger partial charge in [-0.1, -0.05) is 37.3 Å². The van der Waals surface area contributed by atoms with E-state index in [0.29, 0.717) is 5.56 Å². The van der Waals surface area contributed by atoms with Gasteiger partial charge in [0.25, 0.3) is 0 Å². The van der Waals surface area contributed by atoms with Crippen molar-refractivity contribution in [1.29, 1.82) is 0 Å². The molecule has 1 aromatic carbocycles. The summed E-state index contributed by atoms with van der Waals surface area (Å²) in [4.78, 5) is 41.8. The molecular formula is C21H27F2NO5. The highest BCUT2D eigenvalue weighted by Crippen LogP contribution is 2.30. The smallest absolute Gasteiger partial charge is 0.342 e. The van der Waals surface area contributed by atoms with Gasteiger partial charge in [-0.05, 0) is 33.3 Å². The van der Waals surface area contributed by atoms with Crippen molar-refractivity contribution in [2.24, 2.45) is 16.8 Å². The average Bonchev–Trinajstić information content (AvgIpc) is 2.64. The molecule has 6 nitrogen and oxygen atoms in total. The first-order valence-electron chi connectivity index (χ1n) is 9.07. The summed E-state index contributed by atoms with van der Waals surface area (Å²) in [5, 5.41) is 0. The summed E-state index contributed by atoms with van der Waals surface area (Å²) >= 11 is 0. The van der Waals surface area contributed by atoms with E-state index in [0.717, 1.165) is 21.0 Å². The third-order valence-electron chi connectivity index (χ3n) is 4.23. The number of hydrogen-bond donors (Lipinski definition) is 0. The molecule has 8 heteroatoms. The van der Waals surface area contributed by atoms with Gasteiger partial charge in [0, 0.05) is 6.21 Å². The van der Waals surface area contributed by atoms with Crippen molar-refractivity contribution in [3.05, 3.63) is 35.9 Å². The lowest BCUT2D eigenvalue weighted by Gasteiger charge is -2.31. The second kappa shape index (κ2) is 9.71. The maximum atomic E-state index is 13.8. The van der Waals surface area contributed by atoms with Gasteiger partial charge in [-0.2, -0.15) is 0 Å². The summed E-state index contributed by atoms with van der Waals surface area (Å²) < 4.78 is 37.3. The van der Waals surface area contributed by atoms with Crippen LogP contribution in [-0.2, 0) is 23.9 Å². The molecule has 3 unspecified atom stereocenters. The van der Waals surface area contributed by atoms with Crippen LogP contribution in [0.4, 0.5) is 8.78 Å². The standard InChI is InChI=1S/C21H27F2NO5/c1-13(18(26)28-6)15(17(22)23)16(25)21(5,19(27)29-20(2,3)4)24-12-14-10-8-7-9-11-14/h7-13,15,17H,1-6H3/b24-12+. The van der Waals surface area contributed by atoms with E-state index in [4.69, 9.17) is 4.74 Å². The third kappa shape index (κ3) is 6.44. The maximum Gasteiger partial charge on any atom is 0.342 e. The molecule has 0 heterocycles. The summed E-state index contributed by atoms with van der Waals surface area (Å²) in [6, 6.07) is 8.54. The van der Waals surface area contributed by atoms with Gasteiger partial charge < -0.3 is 9.47 Å². The molecular weight excluding hydrogens is 384 g/mol. The highest BCUT2D eigenvalue weighted by atomic mass is 19.3. The summed E-state index contributed by atoms with van der Waals surface area (Å²) in [5.74, 6) is -6.84. The number of carbonyl (C=O) groups excluding carboxylic acids is 3. The first-order chi connectivity index (χ1) is 13.3. The number of nitrogens with zero attached hydrogens (tertiary/aromatic N) is 1. The molecule has 0 aliphatic carbocycles. The summed E-state index contributed by atoms with van der Waals surface area (Å²) in [7, 11) is 1.03. The zero-order valence-electron chi connectivity index (χ0n) is 17.4. The molecule has 3 atom stereocenters. The number of halogens is 2. The van der Waals surface area contributed by atoms with Gasteiger partial charge in [0.15, 0.2) is 5.78 Å². The number of benzene rings is 1. The van der Waals surface area contributed by atoms with E-state index in [2.05, 4.69) is 9.73 Å². The lowest BCUT2D eigenvalue weighted by molar-refractivity contribution is -0.167. The van der Waals surface area contributed by atoms with Crippen molar-refractivity contribution in [3.63, 3.8) is 0 Å². The van der Waals surface area contributed by atoms with Crippen LogP contribution in [0.15, 0.2) is 35.3 Å². The average molecular weight is 411 g/mol. The van der Waals surface area contributed by atoms with E-state index in [1.165, 1.54) is 6.21 Å². The van der Waals surface area contributed by atoms with E-state index in [1.54, 1.807) is 51.1 Å². The van der Waals surface area contributed by atoms with Crippen LogP contribution in [0.1, 0.15) is 40.2 Å². The molecule has 0 saturated carbocycles. The van der Waals surface area contributed by atoms with Crippen LogP contribution in [0, 0.1) is 11.8 Å². The van der Waals surface area contributed by atoms with Crippen molar-refractivity contribution < 1.29 is 32.6 Å². The Morgan fingerprint density at radius 2 is 1.62 bits per heavy atom. The van der Waals surface area contributed by atoms with Crippen LogP contribution in [0.5, 0.6) is 0 Å². The SMILES string of the molecule is COC(=O)C(C)C(C(=O)C(C)(/N=C/c1ccccc1)C(=O)OC(C)(C)C)C(F)F. The zero-order valence-corrected chi connectivity index (χ0v) is 17.4. The molecule has 29 heavy (non-hydrogen) atoms. The van der Waals surface area contributed by atoms with Crippen LogP contribution in [-0.4, -0.2) is 48.6 Å². The fourth-order valence-corrected chi connectivity index (χ4v) is 2.55. The molecule has 0 bridgehead atoms. The Hall–Kier alpha value is -2.64. The predicted octanol–water partition coefficient (Wildman–Crippen LogP) is 3.47. The largest absolute Gasteiger partial charge is 0.469 e. The van der Waals surface area contributed by atoms with E-state index >= 15 is 0 Å². The molecule has 0 fully saturated rings. The van der Waals surface area contributed by atoms with Crippen molar-refractivity contribution in [2.75, 3.05) is 7.11 Å². The van der Waals surface area contributed by atoms with Crippen LogP contribution in [0.2, 0.25) is 0 Å². The molecule has 0 spiro atoms. The summed E-state index contributed by atoms with van der Waals surface area (Å²) in [6.07, 6.45) is -1.96. The molecule has 0 radical (unpaired) electrons. The second-order valence-corrected chi connectivity index (χ2v) is 7.78. The van der Waals surface area contributed by atoms with Gasteiger partial charge >= 0.3 is 11.9 Å². The topological polar surface area (TPSA) is 82.0 Å². The Morgan fingerprint density at radius 1 is 1.07 bits per heavy atom. The molecule has 160 valence electrons. The van der Waals surface area contributed by atoms with Gasteiger partial charge in [0.1, 0.15) is 5.60 Å². The van der Waals surface area contributed by atoms with Crippen LogP contribution in [0.3, 0.4) is 0 Å². The normalized spacial score (nSPS) is 16.2. The number of rotatable bonds is 8. The number of ether oxygens (including phenoxy) is 2. The molecule has 0 aliphatic heterocycles. The van der Waals surface area contributed by atoms with Crippen molar-refractivity contribution in [3.8, 4) is 0 Å². The quantitative estimate of drug-likeness (QED) is 0.372. The minimum atomic E-state index is -3.20. The molecule has 0 aliphatic rings. The second-order valence-electron chi connectivity index (χ2n) is 7.78. The van der Waals surface area contributed by atoms with E-state index in [-0.39, 0.29) is 0 Å². The Balaban J connectivity index is 3.44. The summed E-state index contributed by atoms with van der Waals surface area (Å²) in [6.45, 7) is 7.01. The Labute approximate surface area is 169 Å². The first kappa shape index (κ1) is 24.4. The van der Waals surface area contributed by atoms with Crippen molar-refractivity contribution in [1.82, 2.24) is 0 Å². The zero-order chi connectivity index (χ0) is 22.4. The Morgan fingerprint density at radius 3 is 2.07 bits per heavy atom. The number of methoxy groups -OCH3 is 1. The number of esters is 2. The van der Waals surface area contributed by atoms with E-state index < -0.39 is 47.1 Å². The van der Waals surface area contributed by atoms with Crippen LogP contribution in [0.25, 0.3) is 0 Å². The number of hydrogen-bond acceptors (Lipinski definition) is 6. The van der Waals surface area contributed by atoms with E-state index in [1.807, 2.05) is 0 Å². The van der Waals surface area contributed by atoms with Crippen molar-refractivity contribution in [2.45, 2.75) is 52.2 Å². The molecule has 0 amide bonds. The van der Waals surface area contributed by atoms with Crippen LogP contribution >= 0.6 is 0 Å². The van der Waals surface area contributed by atoms with Gasteiger partial charge in [-0.3, -0.25) is 14.6 Å². The molecule has 0 saturated heterocycles. The lowest BCUT2D eigenvalue weighted by atomic mass is 9.80. The molecule has 1 rings (SSSR count). The Bertz CT molecular complexity index is 758. The maximum absolute atomic E-state index is 13.8. The fraction of sp³-hybridized carbons (Fsp3) is 0.524. The number of alkyl halides is 2. The summed E-state index contributed by atoms with van der Waals surface area (Å²) in [5.41, 5.74) is -2.69. The minimum Gasteiger partial charge on any atom is -0.469 e. The monoisotopic (exact) mass is 411 g/mol. The minimum absolute atomic E-state index is 0.560. The van der Waals surface area contributed by atoms with Crippen LogP contribution < -0.4 is 0 Å². The van der Waals surface area contributed by atoms with Gasteiger partial charge in [0.05, 0.1) is 18.9 Å². The number of carbonyl (C=O) groups is 3. The molecule has 0 N–H and O–H groups in total. The van der Waals surface area contributed by atoms with Crippen molar-refractivity contribution >= 4 is 23.9 Å². The predicted molar refractivity (Wildman–Crippen MR) is 104 cm³/mol. The highest BCUT2D eigenvalue weighted by Gasteiger charge is 2.52. The third-order valence-corrected chi connectivity index (χ3v) is 4.23. The molecule has 1 aromatic rings. The number of Topliss-reactive ketones (excluding diaryl/α,β-unsaturated/α-hetero) is 1. The first-order valence-corrected chi connectivity index (χ1v) is 9.07. The fourth-order valence-electron chi connectivity index (χ4n) is 2.55. The number of aliphatic imine (C=N–C) groups is 1. The van der Waals surface area contributed by atoms with Gasteiger partial charge in [-0.25, -0.2) is 13.6 Å². The van der Waals surface area contributed by atoms with Gasteiger partial charge in [-0.15, -0.1) is 0 Å². The Kier molecular flexibility index (Phi) is 8.17. The molecule has 0 aromatic heterocycles. The van der Waals surface area contributed by atoms with Gasteiger partial charge in [0.2, 0.25) is 12.0 Å². The van der Waals surface area contributed by atoms with E-state index in [9.17, 15) is 23.2 Å². The highest BCUT2D eigenvalue weighted by molar-refractivity contribution is 6.11.